The van der Waals surface area contributed by atoms with Crippen molar-refractivity contribution in [3.8, 4) is 22.8 Å². The van der Waals surface area contributed by atoms with E-state index in [1.165, 1.54) is 0 Å². The number of aromatic amines is 1. The van der Waals surface area contributed by atoms with E-state index in [2.05, 4.69) is 19.9 Å². The number of nitrogens with one attached hydrogen (secondary N) is 1. The second kappa shape index (κ2) is 4.17. The molecule has 0 amide bonds. The lowest BCUT2D eigenvalue weighted by Gasteiger charge is -2.01. The summed E-state index contributed by atoms with van der Waals surface area (Å²) in [6.07, 6.45) is 5.14. The molecule has 0 atom stereocenters. The molecule has 2 heterocycles. The summed E-state index contributed by atoms with van der Waals surface area (Å²) in [5, 5.41) is 0. The highest BCUT2D eigenvalue weighted by molar-refractivity contribution is 5.60. The molecule has 4 nitrogen and oxygen atoms in total. The van der Waals surface area contributed by atoms with E-state index < -0.39 is 0 Å². The van der Waals surface area contributed by atoms with Gasteiger partial charge in [-0.15, -0.1) is 0 Å². The second-order valence-electron chi connectivity index (χ2n) is 3.60. The third kappa shape index (κ3) is 1.92. The van der Waals surface area contributed by atoms with Crippen LogP contribution < -0.4 is 0 Å². The molecule has 1 N–H and O–H groups in total. The van der Waals surface area contributed by atoms with Crippen molar-refractivity contribution in [1.82, 2.24) is 19.9 Å². The number of H-pyrrole nitrogens is 1. The van der Waals surface area contributed by atoms with E-state index in [1.54, 1.807) is 18.7 Å². The van der Waals surface area contributed by atoms with Gasteiger partial charge in [-0.3, -0.25) is 0 Å². The van der Waals surface area contributed by atoms with Crippen LogP contribution in [0.25, 0.3) is 22.8 Å². The first kappa shape index (κ1) is 9.72. The first-order valence-corrected chi connectivity index (χ1v) is 5.31. The topological polar surface area (TPSA) is 54.5 Å². The maximum Gasteiger partial charge on any atom is 0.159 e. The fourth-order valence-electron chi connectivity index (χ4n) is 1.63. The predicted octanol–water partition coefficient (Wildman–Crippen LogP) is 2.53. The van der Waals surface area contributed by atoms with Gasteiger partial charge in [0.1, 0.15) is 0 Å². The van der Waals surface area contributed by atoms with Gasteiger partial charge in [-0.05, 0) is 6.07 Å². The third-order valence-corrected chi connectivity index (χ3v) is 2.46. The Labute approximate surface area is 98.4 Å². The van der Waals surface area contributed by atoms with Crippen molar-refractivity contribution in [2.75, 3.05) is 0 Å². The molecule has 0 radical (unpaired) electrons. The molecule has 0 aliphatic rings. The number of hydrogen-bond donors (Lipinski definition) is 1. The van der Waals surface area contributed by atoms with Gasteiger partial charge in [0, 0.05) is 11.8 Å². The SMILES string of the molecule is c1ccc(-c2nccc(-c3cnc[nH]3)n2)cc1. The molecule has 0 saturated heterocycles. The normalized spacial score (nSPS) is 10.4. The van der Waals surface area contributed by atoms with Crippen molar-refractivity contribution in [2.24, 2.45) is 0 Å². The molecule has 3 rings (SSSR count). The van der Waals surface area contributed by atoms with Gasteiger partial charge in [-0.25, -0.2) is 15.0 Å². The highest BCUT2D eigenvalue weighted by atomic mass is 14.9. The zero-order chi connectivity index (χ0) is 11.5. The molecule has 0 unspecified atom stereocenters. The van der Waals surface area contributed by atoms with Gasteiger partial charge in [-0.2, -0.15) is 0 Å². The standard InChI is InChI=1S/C13H10N4/c1-2-4-10(5-3-1)13-15-7-6-11(17-13)12-8-14-9-16-12/h1-9H,(H,14,16). The maximum absolute atomic E-state index is 4.50. The first-order valence-electron chi connectivity index (χ1n) is 5.31. The summed E-state index contributed by atoms with van der Waals surface area (Å²) in [5.74, 6) is 0.720. The number of imidazole rings is 1. The zero-order valence-corrected chi connectivity index (χ0v) is 9.04. The highest BCUT2D eigenvalue weighted by Crippen LogP contribution is 2.18. The Bertz CT molecular complexity index is 602. The van der Waals surface area contributed by atoms with Crippen molar-refractivity contribution in [3.05, 3.63) is 55.1 Å². The van der Waals surface area contributed by atoms with Crippen LogP contribution in [-0.4, -0.2) is 19.9 Å². The molecule has 0 saturated carbocycles. The molecule has 0 aliphatic heterocycles. The van der Waals surface area contributed by atoms with Gasteiger partial charge in [0.05, 0.1) is 23.9 Å². The minimum absolute atomic E-state index is 0.720. The quantitative estimate of drug-likeness (QED) is 0.724. The molecule has 0 spiro atoms. The minimum Gasteiger partial charge on any atom is -0.343 e. The van der Waals surface area contributed by atoms with E-state index in [0.29, 0.717) is 0 Å². The summed E-state index contributed by atoms with van der Waals surface area (Å²) in [4.78, 5) is 15.8. The summed E-state index contributed by atoms with van der Waals surface area (Å²) in [6.45, 7) is 0. The Balaban J connectivity index is 2.06. The van der Waals surface area contributed by atoms with E-state index in [1.807, 2.05) is 36.4 Å². The monoisotopic (exact) mass is 222 g/mol. The van der Waals surface area contributed by atoms with Crippen molar-refractivity contribution in [1.29, 1.82) is 0 Å². The zero-order valence-electron chi connectivity index (χ0n) is 9.04. The Kier molecular flexibility index (Phi) is 2.38. The van der Waals surface area contributed by atoms with E-state index in [9.17, 15) is 0 Å². The number of benzene rings is 1. The predicted molar refractivity (Wildman–Crippen MR) is 65.0 cm³/mol. The lowest BCUT2D eigenvalue weighted by Crippen LogP contribution is -1.91. The molecular weight excluding hydrogens is 212 g/mol. The van der Waals surface area contributed by atoms with Crippen molar-refractivity contribution in [2.45, 2.75) is 0 Å². The number of aromatic nitrogens is 4. The Morgan fingerprint density at radius 1 is 1.00 bits per heavy atom. The Morgan fingerprint density at radius 3 is 2.65 bits per heavy atom. The Morgan fingerprint density at radius 2 is 1.88 bits per heavy atom. The molecule has 0 fully saturated rings. The van der Waals surface area contributed by atoms with Gasteiger partial charge in [-0.1, -0.05) is 30.3 Å². The lowest BCUT2D eigenvalue weighted by atomic mass is 10.2. The van der Waals surface area contributed by atoms with E-state index >= 15 is 0 Å². The fourth-order valence-corrected chi connectivity index (χ4v) is 1.63. The summed E-state index contributed by atoms with van der Waals surface area (Å²) in [5.41, 5.74) is 2.75. The molecule has 0 aliphatic carbocycles. The van der Waals surface area contributed by atoms with Gasteiger partial charge in [0.2, 0.25) is 0 Å². The molecule has 17 heavy (non-hydrogen) atoms. The molecule has 82 valence electrons. The number of hydrogen-bond acceptors (Lipinski definition) is 3. The van der Waals surface area contributed by atoms with Gasteiger partial charge < -0.3 is 4.98 Å². The number of nitrogens with zero attached hydrogens (tertiary/aromatic N) is 3. The molecule has 1 aromatic carbocycles. The van der Waals surface area contributed by atoms with Crippen molar-refractivity contribution >= 4 is 0 Å². The lowest BCUT2D eigenvalue weighted by molar-refractivity contribution is 1.17. The average molecular weight is 222 g/mol. The van der Waals surface area contributed by atoms with Crippen LogP contribution in [0.15, 0.2) is 55.1 Å². The third-order valence-electron chi connectivity index (χ3n) is 2.46. The average Bonchev–Trinajstić information content (AvgIpc) is 2.94. The molecule has 2 aromatic heterocycles. The highest BCUT2D eigenvalue weighted by Gasteiger charge is 2.04. The molecule has 3 aromatic rings. The maximum atomic E-state index is 4.50. The molecule has 4 heteroatoms. The van der Waals surface area contributed by atoms with Gasteiger partial charge in [0.25, 0.3) is 0 Å². The summed E-state index contributed by atoms with van der Waals surface area (Å²) in [6, 6.07) is 11.8. The largest absolute Gasteiger partial charge is 0.343 e. The van der Waals surface area contributed by atoms with Crippen LogP contribution in [0.2, 0.25) is 0 Å². The van der Waals surface area contributed by atoms with Crippen LogP contribution >= 0.6 is 0 Å². The van der Waals surface area contributed by atoms with Crippen LogP contribution in [0.1, 0.15) is 0 Å². The first-order chi connectivity index (χ1) is 8.43. The summed E-state index contributed by atoms with van der Waals surface area (Å²) >= 11 is 0. The van der Waals surface area contributed by atoms with Crippen LogP contribution in [0.5, 0.6) is 0 Å². The van der Waals surface area contributed by atoms with Crippen molar-refractivity contribution < 1.29 is 0 Å². The Hall–Kier alpha value is -2.49. The molecule has 0 bridgehead atoms. The minimum atomic E-state index is 0.720. The van der Waals surface area contributed by atoms with E-state index in [0.717, 1.165) is 22.8 Å². The smallest absolute Gasteiger partial charge is 0.159 e. The van der Waals surface area contributed by atoms with Crippen LogP contribution in [0.4, 0.5) is 0 Å². The fraction of sp³-hybridized carbons (Fsp3) is 0. The van der Waals surface area contributed by atoms with Crippen LogP contribution in [0, 0.1) is 0 Å². The van der Waals surface area contributed by atoms with Crippen LogP contribution in [-0.2, 0) is 0 Å². The van der Waals surface area contributed by atoms with E-state index in [-0.39, 0.29) is 0 Å². The molecular formula is C13H10N4. The van der Waals surface area contributed by atoms with Crippen molar-refractivity contribution in [3.63, 3.8) is 0 Å². The van der Waals surface area contributed by atoms with Crippen LogP contribution in [0.3, 0.4) is 0 Å². The van der Waals surface area contributed by atoms with Gasteiger partial charge in [0.15, 0.2) is 5.82 Å². The summed E-state index contributed by atoms with van der Waals surface area (Å²) in [7, 11) is 0. The second-order valence-corrected chi connectivity index (χ2v) is 3.60. The van der Waals surface area contributed by atoms with E-state index in [4.69, 9.17) is 0 Å². The van der Waals surface area contributed by atoms with Gasteiger partial charge >= 0.3 is 0 Å². The summed E-state index contributed by atoms with van der Waals surface area (Å²) < 4.78 is 0. The number of rotatable bonds is 2.